The molecule has 0 spiro atoms. The standard InChI is InChI=1S/C12H11BrOS2/c1-14-9-3-2-4-10(7-9)16-8-12-11(13)5-6-15-12/h2-7H,8H2,1H3. The van der Waals surface area contributed by atoms with E-state index < -0.39 is 0 Å². The zero-order valence-electron chi connectivity index (χ0n) is 8.77. The lowest BCUT2D eigenvalue weighted by atomic mass is 10.3. The van der Waals surface area contributed by atoms with Gasteiger partial charge in [0.2, 0.25) is 0 Å². The molecule has 2 rings (SSSR count). The Hall–Kier alpha value is -0.450. The number of methoxy groups -OCH3 is 1. The van der Waals surface area contributed by atoms with Gasteiger partial charge in [-0.25, -0.2) is 0 Å². The molecular formula is C12H11BrOS2. The number of hydrogen-bond donors (Lipinski definition) is 0. The van der Waals surface area contributed by atoms with Crippen LogP contribution in [0.3, 0.4) is 0 Å². The molecule has 0 saturated carbocycles. The molecule has 1 aromatic carbocycles. The Bertz CT molecular complexity index is 468. The summed E-state index contributed by atoms with van der Waals surface area (Å²) in [6.45, 7) is 0. The maximum absolute atomic E-state index is 5.20. The molecule has 0 atom stereocenters. The van der Waals surface area contributed by atoms with E-state index >= 15 is 0 Å². The fourth-order valence-corrected chi connectivity index (χ4v) is 4.01. The molecule has 0 unspecified atom stereocenters. The van der Waals surface area contributed by atoms with Gasteiger partial charge in [0.25, 0.3) is 0 Å². The summed E-state index contributed by atoms with van der Waals surface area (Å²) in [7, 11) is 1.69. The third-order valence-electron chi connectivity index (χ3n) is 2.10. The van der Waals surface area contributed by atoms with Crippen LogP contribution in [0.5, 0.6) is 5.75 Å². The number of ether oxygens (including phenoxy) is 1. The molecule has 84 valence electrons. The zero-order chi connectivity index (χ0) is 11.4. The lowest BCUT2D eigenvalue weighted by molar-refractivity contribution is 0.413. The molecule has 0 bridgehead atoms. The van der Waals surface area contributed by atoms with Gasteiger partial charge in [0.05, 0.1) is 7.11 Å². The molecule has 1 aromatic heterocycles. The fraction of sp³-hybridized carbons (Fsp3) is 0.167. The van der Waals surface area contributed by atoms with Crippen LogP contribution in [-0.2, 0) is 5.75 Å². The zero-order valence-corrected chi connectivity index (χ0v) is 12.0. The minimum absolute atomic E-state index is 0.912. The Balaban J connectivity index is 2.02. The third-order valence-corrected chi connectivity index (χ3v) is 5.23. The summed E-state index contributed by atoms with van der Waals surface area (Å²) >= 11 is 7.14. The van der Waals surface area contributed by atoms with Crippen molar-refractivity contribution in [2.24, 2.45) is 0 Å². The molecule has 16 heavy (non-hydrogen) atoms. The Kier molecular flexibility index (Phi) is 4.32. The number of thioether (sulfide) groups is 1. The molecule has 4 heteroatoms. The molecular weight excluding hydrogens is 304 g/mol. The van der Waals surface area contributed by atoms with Crippen LogP contribution in [0.25, 0.3) is 0 Å². The maximum Gasteiger partial charge on any atom is 0.119 e. The summed E-state index contributed by atoms with van der Waals surface area (Å²) in [5.74, 6) is 1.90. The minimum Gasteiger partial charge on any atom is -0.497 e. The average Bonchev–Trinajstić information content (AvgIpc) is 2.72. The first-order valence-electron chi connectivity index (χ1n) is 4.78. The van der Waals surface area contributed by atoms with Gasteiger partial charge in [0.1, 0.15) is 5.75 Å². The smallest absolute Gasteiger partial charge is 0.119 e. The highest BCUT2D eigenvalue weighted by Gasteiger charge is 2.03. The number of halogens is 1. The summed E-state index contributed by atoms with van der Waals surface area (Å²) in [6.07, 6.45) is 0. The molecule has 0 aliphatic carbocycles. The summed E-state index contributed by atoms with van der Waals surface area (Å²) in [4.78, 5) is 2.60. The minimum atomic E-state index is 0.912. The molecule has 1 heterocycles. The van der Waals surface area contributed by atoms with E-state index in [2.05, 4.69) is 39.5 Å². The van der Waals surface area contributed by atoms with Crippen molar-refractivity contribution in [1.29, 1.82) is 0 Å². The predicted molar refractivity (Wildman–Crippen MR) is 74.6 cm³/mol. The topological polar surface area (TPSA) is 9.23 Å². The molecule has 0 aliphatic rings. The SMILES string of the molecule is COc1cccc(SCc2sccc2Br)c1. The highest BCUT2D eigenvalue weighted by molar-refractivity contribution is 9.10. The summed E-state index contributed by atoms with van der Waals surface area (Å²) in [5, 5.41) is 2.10. The van der Waals surface area contributed by atoms with Crippen molar-refractivity contribution in [1.82, 2.24) is 0 Å². The number of hydrogen-bond acceptors (Lipinski definition) is 3. The second-order valence-corrected chi connectivity index (χ2v) is 6.06. The Morgan fingerprint density at radius 2 is 2.25 bits per heavy atom. The van der Waals surface area contributed by atoms with Crippen LogP contribution >= 0.6 is 39.0 Å². The fourth-order valence-electron chi connectivity index (χ4n) is 1.27. The Morgan fingerprint density at radius 3 is 2.94 bits per heavy atom. The lowest BCUT2D eigenvalue weighted by Gasteiger charge is -2.03. The van der Waals surface area contributed by atoms with E-state index in [1.165, 1.54) is 14.2 Å². The highest BCUT2D eigenvalue weighted by atomic mass is 79.9. The first kappa shape index (κ1) is 12.0. The van der Waals surface area contributed by atoms with E-state index in [0.29, 0.717) is 0 Å². The van der Waals surface area contributed by atoms with Gasteiger partial charge in [-0.1, -0.05) is 6.07 Å². The van der Waals surface area contributed by atoms with Crippen molar-refractivity contribution >= 4 is 39.0 Å². The molecule has 0 saturated heterocycles. The van der Waals surface area contributed by atoms with E-state index in [4.69, 9.17) is 4.74 Å². The molecule has 0 radical (unpaired) electrons. The predicted octanol–water partition coefficient (Wildman–Crippen LogP) is 4.81. The van der Waals surface area contributed by atoms with Gasteiger partial charge >= 0.3 is 0 Å². The lowest BCUT2D eigenvalue weighted by Crippen LogP contribution is -1.82. The number of rotatable bonds is 4. The van der Waals surface area contributed by atoms with Crippen molar-refractivity contribution in [2.45, 2.75) is 10.6 Å². The van der Waals surface area contributed by atoms with Gasteiger partial charge in [-0.3, -0.25) is 0 Å². The Morgan fingerprint density at radius 1 is 1.38 bits per heavy atom. The molecule has 0 amide bonds. The first-order chi connectivity index (χ1) is 7.79. The number of benzene rings is 1. The van der Waals surface area contributed by atoms with Crippen LogP contribution in [0.1, 0.15) is 4.88 Å². The normalized spacial score (nSPS) is 10.4. The van der Waals surface area contributed by atoms with Crippen LogP contribution in [-0.4, -0.2) is 7.11 Å². The van der Waals surface area contributed by atoms with E-state index in [0.717, 1.165) is 11.5 Å². The van der Waals surface area contributed by atoms with Crippen LogP contribution in [0, 0.1) is 0 Å². The molecule has 0 aliphatic heterocycles. The first-order valence-corrected chi connectivity index (χ1v) is 7.44. The molecule has 0 N–H and O–H groups in total. The van der Waals surface area contributed by atoms with E-state index in [9.17, 15) is 0 Å². The molecule has 0 fully saturated rings. The summed E-state index contributed by atoms with van der Waals surface area (Å²) in [5.41, 5.74) is 0. The highest BCUT2D eigenvalue weighted by Crippen LogP contribution is 2.31. The van der Waals surface area contributed by atoms with E-state index in [-0.39, 0.29) is 0 Å². The third kappa shape index (κ3) is 3.03. The van der Waals surface area contributed by atoms with Gasteiger partial charge in [-0.05, 0) is 45.6 Å². The van der Waals surface area contributed by atoms with Crippen molar-refractivity contribution in [3.63, 3.8) is 0 Å². The van der Waals surface area contributed by atoms with Crippen molar-refractivity contribution in [3.05, 3.63) is 45.1 Å². The van der Waals surface area contributed by atoms with Crippen LogP contribution in [0.4, 0.5) is 0 Å². The second-order valence-electron chi connectivity index (χ2n) is 3.16. The van der Waals surface area contributed by atoms with Crippen LogP contribution in [0.2, 0.25) is 0 Å². The second kappa shape index (κ2) is 5.75. The maximum atomic E-state index is 5.20. The van der Waals surface area contributed by atoms with Crippen molar-refractivity contribution < 1.29 is 4.74 Å². The quantitative estimate of drug-likeness (QED) is 0.749. The van der Waals surface area contributed by atoms with Gasteiger partial charge < -0.3 is 4.74 Å². The molecule has 2 aromatic rings. The van der Waals surface area contributed by atoms with E-state index in [1.807, 2.05) is 23.9 Å². The summed E-state index contributed by atoms with van der Waals surface area (Å²) < 4.78 is 6.40. The largest absolute Gasteiger partial charge is 0.497 e. The van der Waals surface area contributed by atoms with Crippen LogP contribution in [0.15, 0.2) is 45.1 Å². The average molecular weight is 315 g/mol. The van der Waals surface area contributed by atoms with E-state index in [1.54, 1.807) is 18.4 Å². The van der Waals surface area contributed by atoms with Gasteiger partial charge in [-0.15, -0.1) is 23.1 Å². The number of thiophene rings is 1. The van der Waals surface area contributed by atoms with Gasteiger partial charge in [-0.2, -0.15) is 0 Å². The Labute approximate surface area is 112 Å². The van der Waals surface area contributed by atoms with Gasteiger partial charge in [0, 0.05) is 20.0 Å². The molecule has 1 nitrogen and oxygen atoms in total. The van der Waals surface area contributed by atoms with Gasteiger partial charge in [0.15, 0.2) is 0 Å². The summed E-state index contributed by atoms with van der Waals surface area (Å²) in [6, 6.07) is 10.2. The van der Waals surface area contributed by atoms with Crippen molar-refractivity contribution in [2.75, 3.05) is 7.11 Å². The van der Waals surface area contributed by atoms with Crippen molar-refractivity contribution in [3.8, 4) is 5.75 Å². The van der Waals surface area contributed by atoms with Crippen LogP contribution < -0.4 is 4.74 Å². The monoisotopic (exact) mass is 314 g/mol.